The van der Waals surface area contributed by atoms with Crippen LogP contribution in [-0.4, -0.2) is 54.0 Å². The molecular formula is C26H29F3N2O5Si. The minimum atomic E-state index is -3.23. The molecule has 0 unspecified atom stereocenters. The van der Waals surface area contributed by atoms with Crippen LogP contribution in [0.4, 0.5) is 13.2 Å². The van der Waals surface area contributed by atoms with Gasteiger partial charge in [-0.3, -0.25) is 14.3 Å². The standard InChI is InChI=1S/C26H29F3N2O5Si/c1-25(2,3)35-15-19-20(32)21(27)26(36-19,31-14-18(22(28)29)23(33)30-24(31)34)37(16-10-6-4-7-11-16)17-12-8-5-9-13-17/h4-14,19-22,32,37H,15H2,1-3H3,(H,30,33,34)/t19-,20-,21-,26+/m1/s1. The number of nitrogens with zero attached hydrogens (tertiary/aromatic N) is 1. The van der Waals surface area contributed by atoms with Gasteiger partial charge in [0.1, 0.15) is 12.2 Å². The van der Waals surface area contributed by atoms with Crippen LogP contribution < -0.4 is 21.6 Å². The number of H-pyrrole nitrogens is 1. The topological polar surface area (TPSA) is 93.5 Å². The van der Waals surface area contributed by atoms with E-state index in [-0.39, 0.29) is 6.61 Å². The third kappa shape index (κ3) is 5.22. The molecule has 198 valence electrons. The van der Waals surface area contributed by atoms with E-state index < -0.39 is 61.4 Å². The fraction of sp³-hybridized carbons (Fsp3) is 0.385. The molecule has 1 aliphatic heterocycles. The lowest BCUT2D eigenvalue weighted by molar-refractivity contribution is -0.117. The second kappa shape index (κ2) is 10.4. The number of alkyl halides is 3. The van der Waals surface area contributed by atoms with Crippen molar-refractivity contribution in [1.29, 1.82) is 0 Å². The zero-order valence-electron chi connectivity index (χ0n) is 20.6. The molecule has 3 aromatic rings. The molecule has 0 saturated carbocycles. The zero-order valence-corrected chi connectivity index (χ0v) is 21.8. The predicted octanol–water partition coefficient (Wildman–Crippen LogP) is 1.62. The lowest BCUT2D eigenvalue weighted by Crippen LogP contribution is -2.68. The maximum Gasteiger partial charge on any atom is 0.330 e. The van der Waals surface area contributed by atoms with Crippen molar-refractivity contribution in [3.05, 3.63) is 93.3 Å². The maximum absolute atomic E-state index is 16.6. The average molecular weight is 535 g/mol. The summed E-state index contributed by atoms with van der Waals surface area (Å²) in [5, 5.41) is 10.1. The van der Waals surface area contributed by atoms with Crippen LogP contribution in [0.15, 0.2) is 76.4 Å². The summed E-state index contributed by atoms with van der Waals surface area (Å²) in [7, 11) is -3.08. The smallest absolute Gasteiger partial charge is 0.330 e. The molecule has 2 aromatic carbocycles. The third-order valence-electron chi connectivity index (χ3n) is 6.36. The predicted molar refractivity (Wildman–Crippen MR) is 135 cm³/mol. The molecule has 37 heavy (non-hydrogen) atoms. The molecule has 1 saturated heterocycles. The minimum absolute atomic E-state index is 0.211. The lowest BCUT2D eigenvalue weighted by atomic mass is 10.1. The van der Waals surface area contributed by atoms with E-state index in [2.05, 4.69) is 0 Å². The number of hydrogen-bond donors (Lipinski definition) is 2. The molecule has 0 amide bonds. The van der Waals surface area contributed by atoms with E-state index in [0.29, 0.717) is 21.1 Å². The van der Waals surface area contributed by atoms with Crippen molar-refractivity contribution in [1.82, 2.24) is 9.55 Å². The summed E-state index contributed by atoms with van der Waals surface area (Å²) < 4.78 is 56.9. The van der Waals surface area contributed by atoms with Gasteiger partial charge in [-0.05, 0) is 20.8 Å². The van der Waals surface area contributed by atoms with Crippen LogP contribution in [0.3, 0.4) is 0 Å². The molecule has 1 fully saturated rings. The third-order valence-corrected chi connectivity index (χ3v) is 10.0. The summed E-state index contributed by atoms with van der Waals surface area (Å²) >= 11 is 0. The number of ether oxygens (including phenoxy) is 2. The highest BCUT2D eigenvalue weighted by atomic mass is 28.3. The number of aromatic amines is 1. The summed E-state index contributed by atoms with van der Waals surface area (Å²) in [6.45, 7) is 5.13. The van der Waals surface area contributed by atoms with Gasteiger partial charge in [-0.25, -0.2) is 18.0 Å². The Morgan fingerprint density at radius 2 is 1.62 bits per heavy atom. The van der Waals surface area contributed by atoms with E-state index in [1.165, 1.54) is 0 Å². The van der Waals surface area contributed by atoms with Gasteiger partial charge in [0.25, 0.3) is 12.0 Å². The van der Waals surface area contributed by atoms with Crippen LogP contribution in [0.5, 0.6) is 0 Å². The van der Waals surface area contributed by atoms with Crippen molar-refractivity contribution in [2.24, 2.45) is 0 Å². The van der Waals surface area contributed by atoms with Crippen molar-refractivity contribution in [2.75, 3.05) is 6.61 Å². The Kier molecular flexibility index (Phi) is 7.61. The van der Waals surface area contributed by atoms with Gasteiger partial charge >= 0.3 is 5.69 Å². The normalized spacial score (nSPS) is 24.2. The van der Waals surface area contributed by atoms with Crippen LogP contribution in [0.1, 0.15) is 32.8 Å². The maximum atomic E-state index is 16.6. The molecule has 4 atom stereocenters. The highest BCUT2D eigenvalue weighted by Crippen LogP contribution is 2.40. The van der Waals surface area contributed by atoms with E-state index in [4.69, 9.17) is 9.47 Å². The molecule has 2 N–H and O–H groups in total. The van der Waals surface area contributed by atoms with Crippen LogP contribution in [0.2, 0.25) is 0 Å². The van der Waals surface area contributed by atoms with Gasteiger partial charge in [-0.1, -0.05) is 71.0 Å². The molecule has 7 nitrogen and oxygen atoms in total. The number of halogens is 3. The molecule has 2 heterocycles. The Morgan fingerprint density at radius 3 is 2.11 bits per heavy atom. The van der Waals surface area contributed by atoms with E-state index in [9.17, 15) is 23.5 Å². The molecule has 0 aliphatic carbocycles. The fourth-order valence-corrected chi connectivity index (χ4v) is 8.54. The number of aliphatic hydroxyl groups is 1. The van der Waals surface area contributed by atoms with Gasteiger partial charge in [-0.15, -0.1) is 0 Å². The number of hydrogen-bond acceptors (Lipinski definition) is 5. The Hall–Kier alpha value is -2.99. The zero-order chi connectivity index (χ0) is 27.0. The summed E-state index contributed by atoms with van der Waals surface area (Å²) in [6, 6.07) is 17.5. The van der Waals surface area contributed by atoms with Crippen LogP contribution in [-0.2, 0) is 14.8 Å². The summed E-state index contributed by atoms with van der Waals surface area (Å²) in [4.78, 5) is 27.2. The first kappa shape index (κ1) is 27.1. The number of aliphatic hydroxyl groups excluding tert-OH is 1. The van der Waals surface area contributed by atoms with E-state index >= 15 is 4.39 Å². The van der Waals surface area contributed by atoms with Gasteiger partial charge in [0.15, 0.2) is 20.3 Å². The highest BCUT2D eigenvalue weighted by Gasteiger charge is 2.62. The van der Waals surface area contributed by atoms with Crippen LogP contribution in [0, 0.1) is 0 Å². The number of nitrogens with one attached hydrogen (secondary N) is 1. The molecule has 1 aromatic heterocycles. The largest absolute Gasteiger partial charge is 0.387 e. The van der Waals surface area contributed by atoms with Gasteiger partial charge in [-0.2, -0.15) is 0 Å². The first-order valence-electron chi connectivity index (χ1n) is 11.8. The summed E-state index contributed by atoms with van der Waals surface area (Å²) in [5.74, 6) is 0. The Balaban J connectivity index is 2.02. The molecule has 1 aliphatic rings. The summed E-state index contributed by atoms with van der Waals surface area (Å²) in [5.41, 5.74) is -4.04. The first-order valence-corrected chi connectivity index (χ1v) is 13.6. The number of benzene rings is 2. The fourth-order valence-electron chi connectivity index (χ4n) is 4.69. The lowest BCUT2D eigenvalue weighted by Gasteiger charge is -2.40. The van der Waals surface area contributed by atoms with Crippen molar-refractivity contribution < 1.29 is 27.8 Å². The quantitative estimate of drug-likeness (QED) is 0.450. The van der Waals surface area contributed by atoms with Gasteiger partial charge < -0.3 is 14.6 Å². The minimum Gasteiger partial charge on any atom is -0.387 e. The van der Waals surface area contributed by atoms with Crippen LogP contribution in [0.25, 0.3) is 0 Å². The molecule has 11 heteroatoms. The second-order valence-corrected chi connectivity index (χ2v) is 13.0. The Labute approximate surface area is 213 Å². The SMILES string of the molecule is CC(C)(C)OC[C@H]1O[C@](n2cc(C(F)F)c(=O)[nH]c2=O)([SiH](c2ccccc2)c2ccccc2)[C@H](F)[C@@H]1O. The Bertz CT molecular complexity index is 1290. The van der Waals surface area contributed by atoms with Gasteiger partial charge in [0.05, 0.1) is 17.8 Å². The van der Waals surface area contributed by atoms with Crippen molar-refractivity contribution in [3.63, 3.8) is 0 Å². The first-order chi connectivity index (χ1) is 17.5. The molecule has 0 radical (unpaired) electrons. The van der Waals surface area contributed by atoms with Crippen LogP contribution >= 0.6 is 0 Å². The summed E-state index contributed by atoms with van der Waals surface area (Å²) in [6.07, 6.45) is -7.74. The van der Waals surface area contributed by atoms with Gasteiger partial charge in [0.2, 0.25) is 0 Å². The van der Waals surface area contributed by atoms with Gasteiger partial charge in [0, 0.05) is 6.20 Å². The van der Waals surface area contributed by atoms with E-state index in [1.54, 1.807) is 81.4 Å². The molecular weight excluding hydrogens is 505 g/mol. The molecule has 4 rings (SSSR count). The van der Waals surface area contributed by atoms with Crippen molar-refractivity contribution in [3.8, 4) is 0 Å². The molecule has 0 spiro atoms. The second-order valence-electron chi connectivity index (χ2n) is 9.99. The number of rotatable bonds is 7. The van der Waals surface area contributed by atoms with Crippen molar-refractivity contribution >= 4 is 19.2 Å². The number of aromatic nitrogens is 2. The molecule has 0 bridgehead atoms. The van der Waals surface area contributed by atoms with E-state index in [0.717, 1.165) is 0 Å². The Morgan fingerprint density at radius 1 is 1.08 bits per heavy atom. The van der Waals surface area contributed by atoms with E-state index in [1.807, 2.05) is 4.98 Å². The average Bonchev–Trinajstić information content (AvgIpc) is 3.09. The monoisotopic (exact) mass is 534 g/mol. The van der Waals surface area contributed by atoms with Crippen molar-refractivity contribution in [2.45, 2.75) is 56.5 Å². The highest BCUT2D eigenvalue weighted by molar-refractivity contribution is 6.86.